The summed E-state index contributed by atoms with van der Waals surface area (Å²) >= 11 is 0. The van der Waals surface area contributed by atoms with E-state index in [0.29, 0.717) is 37.2 Å². The number of aromatic nitrogens is 2. The van der Waals surface area contributed by atoms with Crippen LogP contribution >= 0.6 is 0 Å². The Kier molecular flexibility index (Phi) is 4.50. The first-order valence-corrected chi connectivity index (χ1v) is 8.97. The van der Waals surface area contributed by atoms with E-state index in [9.17, 15) is 9.59 Å². The van der Waals surface area contributed by atoms with Gasteiger partial charge in [-0.1, -0.05) is 12.1 Å². The van der Waals surface area contributed by atoms with Gasteiger partial charge in [0.05, 0.1) is 22.4 Å². The summed E-state index contributed by atoms with van der Waals surface area (Å²) in [5.74, 6) is 0.630. The third kappa shape index (κ3) is 3.62. The summed E-state index contributed by atoms with van der Waals surface area (Å²) in [6.07, 6.45) is 1.05. The number of hydrogen-bond donors (Lipinski definition) is 3. The molecule has 27 heavy (non-hydrogen) atoms. The van der Waals surface area contributed by atoms with Gasteiger partial charge in [0.2, 0.25) is 5.91 Å². The molecule has 0 aliphatic carbocycles. The number of anilines is 2. The van der Waals surface area contributed by atoms with Crippen LogP contribution in [0.5, 0.6) is 0 Å². The van der Waals surface area contributed by atoms with Gasteiger partial charge in [0.25, 0.3) is 5.91 Å². The monoisotopic (exact) mass is 363 g/mol. The lowest BCUT2D eigenvalue weighted by molar-refractivity contribution is -0.115. The molecule has 2 amide bonds. The number of para-hydroxylation sites is 2. The Bertz CT molecular complexity index is 978. The number of hydrogen-bond acceptors (Lipinski definition) is 4. The largest absolute Gasteiger partial charge is 0.372 e. The predicted molar refractivity (Wildman–Crippen MR) is 105 cm³/mol. The zero-order chi connectivity index (χ0) is 18.8. The second-order valence-corrected chi connectivity index (χ2v) is 6.66. The van der Waals surface area contributed by atoms with Crippen molar-refractivity contribution in [3.8, 4) is 0 Å². The minimum Gasteiger partial charge on any atom is -0.372 e. The molecule has 1 aromatic heterocycles. The Morgan fingerprint density at radius 2 is 2.11 bits per heavy atom. The zero-order valence-corrected chi connectivity index (χ0v) is 15.1. The maximum Gasteiger partial charge on any atom is 0.251 e. The Labute approximate surface area is 156 Å². The molecule has 1 aliphatic rings. The van der Waals surface area contributed by atoms with E-state index in [2.05, 4.69) is 20.6 Å². The molecular weight excluding hydrogens is 342 g/mol. The molecule has 0 saturated carbocycles. The number of imidazole rings is 1. The fourth-order valence-corrected chi connectivity index (χ4v) is 3.23. The predicted octanol–water partition coefficient (Wildman–Crippen LogP) is 2.31. The van der Waals surface area contributed by atoms with Crippen molar-refractivity contribution in [1.29, 1.82) is 0 Å². The minimum atomic E-state index is -0.171. The molecule has 0 radical (unpaired) electrons. The van der Waals surface area contributed by atoms with E-state index in [1.165, 1.54) is 0 Å². The van der Waals surface area contributed by atoms with Gasteiger partial charge in [0.15, 0.2) is 0 Å². The Hall–Kier alpha value is -3.35. The Morgan fingerprint density at radius 3 is 2.96 bits per heavy atom. The van der Waals surface area contributed by atoms with Gasteiger partial charge in [0, 0.05) is 38.5 Å². The van der Waals surface area contributed by atoms with Crippen molar-refractivity contribution in [3.63, 3.8) is 0 Å². The van der Waals surface area contributed by atoms with Crippen molar-refractivity contribution in [2.75, 3.05) is 30.4 Å². The number of aromatic amines is 1. The Balaban J connectivity index is 1.41. The summed E-state index contributed by atoms with van der Waals surface area (Å²) in [5, 5.41) is 5.78. The summed E-state index contributed by atoms with van der Waals surface area (Å²) in [7, 11) is 1.94. The van der Waals surface area contributed by atoms with Gasteiger partial charge >= 0.3 is 0 Å². The minimum absolute atomic E-state index is 0.0388. The molecule has 0 unspecified atom stereocenters. The fraction of sp³-hybridized carbons (Fsp3) is 0.250. The van der Waals surface area contributed by atoms with Gasteiger partial charge < -0.3 is 20.5 Å². The summed E-state index contributed by atoms with van der Waals surface area (Å²) in [6.45, 7) is 1.13. The second kappa shape index (κ2) is 7.11. The molecule has 2 heterocycles. The van der Waals surface area contributed by atoms with Crippen LogP contribution in [0.4, 0.5) is 11.4 Å². The molecule has 138 valence electrons. The topological polar surface area (TPSA) is 90.1 Å². The highest BCUT2D eigenvalue weighted by Gasteiger charge is 2.18. The van der Waals surface area contributed by atoms with Gasteiger partial charge in [-0.05, 0) is 30.3 Å². The van der Waals surface area contributed by atoms with E-state index in [1.54, 1.807) is 12.1 Å². The normalized spacial score (nSPS) is 13.8. The summed E-state index contributed by atoms with van der Waals surface area (Å²) < 4.78 is 0. The average molecular weight is 363 g/mol. The van der Waals surface area contributed by atoms with Gasteiger partial charge in [-0.2, -0.15) is 0 Å². The molecule has 0 spiro atoms. The number of nitrogens with zero attached hydrogens (tertiary/aromatic N) is 2. The van der Waals surface area contributed by atoms with Crippen molar-refractivity contribution in [3.05, 3.63) is 53.9 Å². The van der Waals surface area contributed by atoms with E-state index in [1.807, 2.05) is 42.3 Å². The molecule has 1 aliphatic heterocycles. The maximum absolute atomic E-state index is 12.5. The number of carbonyl (C=O) groups excluding carboxylic acids is 2. The molecule has 4 rings (SSSR count). The first kappa shape index (κ1) is 17.1. The Morgan fingerprint density at radius 1 is 1.26 bits per heavy atom. The average Bonchev–Trinajstić information content (AvgIpc) is 3.02. The van der Waals surface area contributed by atoms with Crippen molar-refractivity contribution in [2.45, 2.75) is 12.8 Å². The van der Waals surface area contributed by atoms with Crippen LogP contribution in [0.3, 0.4) is 0 Å². The third-order valence-corrected chi connectivity index (χ3v) is 4.70. The van der Waals surface area contributed by atoms with E-state index in [4.69, 9.17) is 0 Å². The van der Waals surface area contributed by atoms with Crippen LogP contribution in [-0.4, -0.2) is 41.9 Å². The number of benzene rings is 2. The SMILES string of the molecule is CN1CCC(=O)Nc2cc(C(=O)NCCc3nc4ccccc4[nH]3)ccc21. The van der Waals surface area contributed by atoms with Crippen molar-refractivity contribution in [1.82, 2.24) is 15.3 Å². The number of H-pyrrole nitrogens is 1. The van der Waals surface area contributed by atoms with Crippen LogP contribution in [0.25, 0.3) is 11.0 Å². The molecule has 2 aromatic carbocycles. The van der Waals surface area contributed by atoms with Crippen LogP contribution in [0.1, 0.15) is 22.6 Å². The van der Waals surface area contributed by atoms with Crippen LogP contribution in [0.2, 0.25) is 0 Å². The van der Waals surface area contributed by atoms with E-state index in [0.717, 1.165) is 22.5 Å². The highest BCUT2D eigenvalue weighted by atomic mass is 16.2. The van der Waals surface area contributed by atoms with Gasteiger partial charge in [0.1, 0.15) is 5.82 Å². The standard InChI is InChI=1S/C20H21N5O2/c1-25-11-9-19(26)24-16-12-13(6-7-17(16)25)20(27)21-10-8-18-22-14-4-2-3-5-15(14)23-18/h2-7,12H,8-11H2,1H3,(H,21,27)(H,22,23)(H,24,26). The first-order chi connectivity index (χ1) is 13.1. The van der Waals surface area contributed by atoms with E-state index >= 15 is 0 Å². The molecule has 0 fully saturated rings. The molecule has 3 aromatic rings. The maximum atomic E-state index is 12.5. The number of carbonyl (C=O) groups is 2. The lowest BCUT2D eigenvalue weighted by atomic mass is 10.1. The quantitative estimate of drug-likeness (QED) is 0.663. The number of nitrogens with one attached hydrogen (secondary N) is 3. The van der Waals surface area contributed by atoms with Crippen molar-refractivity contribution in [2.24, 2.45) is 0 Å². The summed E-state index contributed by atoms with van der Waals surface area (Å²) in [4.78, 5) is 34.1. The molecule has 0 atom stereocenters. The third-order valence-electron chi connectivity index (χ3n) is 4.70. The van der Waals surface area contributed by atoms with Crippen molar-refractivity contribution < 1.29 is 9.59 Å². The molecule has 0 saturated heterocycles. The number of rotatable bonds is 4. The highest BCUT2D eigenvalue weighted by molar-refractivity contribution is 6.00. The van der Waals surface area contributed by atoms with Crippen LogP contribution in [0.15, 0.2) is 42.5 Å². The van der Waals surface area contributed by atoms with E-state index < -0.39 is 0 Å². The zero-order valence-electron chi connectivity index (χ0n) is 15.1. The number of amides is 2. The molecule has 0 bridgehead atoms. The summed E-state index contributed by atoms with van der Waals surface area (Å²) in [6, 6.07) is 13.2. The lowest BCUT2D eigenvalue weighted by Gasteiger charge is -2.18. The molecule has 7 nitrogen and oxygen atoms in total. The van der Waals surface area contributed by atoms with E-state index in [-0.39, 0.29) is 11.8 Å². The first-order valence-electron chi connectivity index (χ1n) is 8.97. The lowest BCUT2D eigenvalue weighted by Crippen LogP contribution is -2.26. The van der Waals surface area contributed by atoms with Crippen LogP contribution in [0, 0.1) is 0 Å². The molecule has 3 N–H and O–H groups in total. The molecular formula is C20H21N5O2. The van der Waals surface area contributed by atoms with Crippen molar-refractivity contribution >= 4 is 34.2 Å². The van der Waals surface area contributed by atoms with Crippen LogP contribution < -0.4 is 15.5 Å². The van der Waals surface area contributed by atoms with Gasteiger partial charge in [-0.25, -0.2) is 4.98 Å². The van der Waals surface area contributed by atoms with Crippen LogP contribution in [-0.2, 0) is 11.2 Å². The summed E-state index contributed by atoms with van der Waals surface area (Å²) in [5.41, 5.74) is 4.02. The van der Waals surface area contributed by atoms with Gasteiger partial charge in [-0.3, -0.25) is 9.59 Å². The fourth-order valence-electron chi connectivity index (χ4n) is 3.23. The highest BCUT2D eigenvalue weighted by Crippen LogP contribution is 2.28. The molecule has 7 heteroatoms. The van der Waals surface area contributed by atoms with Gasteiger partial charge in [-0.15, -0.1) is 0 Å². The second-order valence-electron chi connectivity index (χ2n) is 6.66. The smallest absolute Gasteiger partial charge is 0.251 e. The number of fused-ring (bicyclic) bond motifs is 2.